The second kappa shape index (κ2) is 13.9. The molecule has 2 amide bonds. The van der Waals surface area contributed by atoms with Gasteiger partial charge >= 0.3 is 5.97 Å². The summed E-state index contributed by atoms with van der Waals surface area (Å²) in [7, 11) is 0. The lowest BCUT2D eigenvalue weighted by Crippen LogP contribution is -2.42. The molecule has 2 aromatic carbocycles. The zero-order chi connectivity index (χ0) is 26.7. The Hall–Kier alpha value is -3.45. The lowest BCUT2D eigenvalue weighted by Gasteiger charge is -2.26. The van der Waals surface area contributed by atoms with Gasteiger partial charge in [-0.05, 0) is 49.7 Å². The first kappa shape index (κ1) is 27.6. The molecule has 4 atom stereocenters. The summed E-state index contributed by atoms with van der Waals surface area (Å²) in [4.78, 5) is 41.5. The number of amides is 2. The van der Waals surface area contributed by atoms with Crippen molar-refractivity contribution in [2.24, 2.45) is 11.8 Å². The van der Waals surface area contributed by atoms with E-state index in [0.29, 0.717) is 32.2 Å². The quantitative estimate of drug-likeness (QED) is 0.446. The lowest BCUT2D eigenvalue weighted by atomic mass is 9.94. The van der Waals surface area contributed by atoms with E-state index < -0.39 is 12.0 Å². The first-order valence-electron chi connectivity index (χ1n) is 13.7. The first-order chi connectivity index (χ1) is 18.5. The summed E-state index contributed by atoms with van der Waals surface area (Å²) < 4.78 is 5.80. The van der Waals surface area contributed by atoms with E-state index >= 15 is 0 Å². The van der Waals surface area contributed by atoms with Gasteiger partial charge in [0.2, 0.25) is 11.8 Å². The summed E-state index contributed by atoms with van der Waals surface area (Å²) >= 11 is 0. The number of rotatable bonds is 6. The van der Waals surface area contributed by atoms with Gasteiger partial charge < -0.3 is 20.1 Å². The Morgan fingerprint density at radius 2 is 1.71 bits per heavy atom. The Morgan fingerprint density at radius 1 is 0.974 bits per heavy atom. The van der Waals surface area contributed by atoms with Gasteiger partial charge in [-0.1, -0.05) is 72.8 Å². The topological polar surface area (TPSA) is 95.9 Å². The van der Waals surface area contributed by atoms with E-state index in [4.69, 9.17) is 4.74 Å². The number of likely N-dealkylation sites (tertiary alicyclic amines) is 1. The van der Waals surface area contributed by atoms with Crippen molar-refractivity contribution in [2.45, 2.75) is 57.0 Å². The maximum atomic E-state index is 13.5. The van der Waals surface area contributed by atoms with E-state index in [2.05, 4.69) is 5.32 Å². The van der Waals surface area contributed by atoms with Crippen LogP contribution < -0.4 is 5.32 Å². The van der Waals surface area contributed by atoms with E-state index in [0.717, 1.165) is 24.0 Å². The van der Waals surface area contributed by atoms with Crippen molar-refractivity contribution < 1.29 is 24.2 Å². The molecule has 1 fully saturated rings. The molecule has 0 unspecified atom stereocenters. The van der Waals surface area contributed by atoms with Gasteiger partial charge in [-0.15, -0.1) is 0 Å². The molecule has 2 N–H and O–H groups in total. The van der Waals surface area contributed by atoms with Gasteiger partial charge in [0.1, 0.15) is 6.61 Å². The second-order valence-electron chi connectivity index (χ2n) is 10.2. The smallest absolute Gasteiger partial charge is 0.309 e. The van der Waals surface area contributed by atoms with E-state index in [-0.39, 0.29) is 49.4 Å². The van der Waals surface area contributed by atoms with Crippen LogP contribution in [-0.2, 0) is 25.5 Å². The standard InChI is InChI=1S/C31H38N2O5/c34-21-27-17-10-18-33(27)29(35)20-25-15-8-3-9-16-26(19-23-11-4-1-5-12-23)31(37)38-22-28(32-30(25)36)24-13-6-2-7-14-24/h1-8,11-14,25-28,34H,9-10,15-22H2,(H,32,36)/t25-,26-,27+,28+/m1/s1. The van der Waals surface area contributed by atoms with Crippen LogP contribution in [0, 0.1) is 11.8 Å². The Labute approximate surface area is 224 Å². The summed E-state index contributed by atoms with van der Waals surface area (Å²) in [6, 6.07) is 18.7. The van der Waals surface area contributed by atoms with Crippen LogP contribution in [0.2, 0.25) is 0 Å². The molecule has 2 aliphatic rings. The normalized spacial score (nSPS) is 25.0. The molecule has 2 aliphatic heterocycles. The number of aliphatic hydroxyl groups excluding tert-OH is 1. The van der Waals surface area contributed by atoms with Gasteiger partial charge in [0, 0.05) is 13.0 Å². The largest absolute Gasteiger partial charge is 0.463 e. The Bertz CT molecular complexity index is 1090. The number of ether oxygens (including phenoxy) is 1. The van der Waals surface area contributed by atoms with Crippen LogP contribution in [-0.4, -0.2) is 53.6 Å². The minimum absolute atomic E-state index is 0.0205. The molecule has 0 aromatic heterocycles. The molecule has 7 nitrogen and oxygen atoms in total. The van der Waals surface area contributed by atoms with Crippen LogP contribution in [0.4, 0.5) is 0 Å². The van der Waals surface area contributed by atoms with Crippen molar-refractivity contribution in [1.29, 1.82) is 0 Å². The molecule has 0 radical (unpaired) electrons. The minimum Gasteiger partial charge on any atom is -0.463 e. The van der Waals surface area contributed by atoms with E-state index in [1.807, 2.05) is 72.8 Å². The van der Waals surface area contributed by atoms with E-state index in [1.165, 1.54) is 0 Å². The number of carbonyl (C=O) groups excluding carboxylic acids is 3. The van der Waals surface area contributed by atoms with Crippen molar-refractivity contribution in [3.05, 3.63) is 83.9 Å². The Morgan fingerprint density at radius 3 is 2.45 bits per heavy atom. The molecule has 0 bridgehead atoms. The molecule has 1 saturated heterocycles. The Balaban J connectivity index is 1.53. The number of nitrogens with one attached hydrogen (secondary N) is 1. The molecule has 0 aliphatic carbocycles. The van der Waals surface area contributed by atoms with Gasteiger partial charge in [-0.3, -0.25) is 14.4 Å². The second-order valence-corrected chi connectivity index (χ2v) is 10.2. The van der Waals surface area contributed by atoms with Gasteiger partial charge in [0.25, 0.3) is 0 Å². The number of allylic oxidation sites excluding steroid dienone is 2. The van der Waals surface area contributed by atoms with Crippen LogP contribution >= 0.6 is 0 Å². The van der Waals surface area contributed by atoms with Gasteiger partial charge in [-0.25, -0.2) is 0 Å². The lowest BCUT2D eigenvalue weighted by molar-refractivity contribution is -0.150. The molecular formula is C31H38N2O5. The maximum absolute atomic E-state index is 13.5. The predicted molar refractivity (Wildman–Crippen MR) is 145 cm³/mol. The number of aliphatic hydroxyl groups is 1. The molecule has 38 heavy (non-hydrogen) atoms. The van der Waals surface area contributed by atoms with Crippen LogP contribution in [0.5, 0.6) is 0 Å². The summed E-state index contributed by atoms with van der Waals surface area (Å²) in [5, 5.41) is 12.7. The summed E-state index contributed by atoms with van der Waals surface area (Å²) in [5.41, 5.74) is 1.92. The maximum Gasteiger partial charge on any atom is 0.309 e. The number of nitrogens with zero attached hydrogens (tertiary/aromatic N) is 1. The van der Waals surface area contributed by atoms with Crippen molar-refractivity contribution in [1.82, 2.24) is 10.2 Å². The van der Waals surface area contributed by atoms with Gasteiger partial charge in [0.05, 0.1) is 30.5 Å². The molecule has 202 valence electrons. The van der Waals surface area contributed by atoms with Crippen LogP contribution in [0.1, 0.15) is 55.7 Å². The average molecular weight is 519 g/mol. The molecule has 2 aromatic rings. The van der Waals surface area contributed by atoms with E-state index in [9.17, 15) is 19.5 Å². The highest BCUT2D eigenvalue weighted by molar-refractivity contribution is 5.86. The zero-order valence-corrected chi connectivity index (χ0v) is 21.8. The van der Waals surface area contributed by atoms with Crippen molar-refractivity contribution in [2.75, 3.05) is 19.8 Å². The average Bonchev–Trinajstić information content (AvgIpc) is 3.43. The number of cyclic esters (lactones) is 1. The van der Waals surface area contributed by atoms with Crippen LogP contribution in [0.3, 0.4) is 0 Å². The highest BCUT2D eigenvalue weighted by atomic mass is 16.5. The fourth-order valence-corrected chi connectivity index (χ4v) is 5.32. The third-order valence-corrected chi connectivity index (χ3v) is 7.54. The Kier molecular flexibility index (Phi) is 10.1. The van der Waals surface area contributed by atoms with Crippen LogP contribution in [0.15, 0.2) is 72.8 Å². The molecule has 0 spiro atoms. The first-order valence-corrected chi connectivity index (χ1v) is 13.7. The highest BCUT2D eigenvalue weighted by Crippen LogP contribution is 2.24. The SMILES string of the molecule is O=C1N[C@H](c2ccccc2)COC(=O)[C@@H](Cc2ccccc2)CCC=CC[C@@H]1CC(=O)N1CCC[C@H]1CO. The minimum atomic E-state index is -0.554. The predicted octanol–water partition coefficient (Wildman–Crippen LogP) is 3.98. The molecule has 2 heterocycles. The third kappa shape index (κ3) is 7.54. The van der Waals surface area contributed by atoms with Crippen LogP contribution in [0.25, 0.3) is 0 Å². The number of hydrogen-bond acceptors (Lipinski definition) is 5. The summed E-state index contributed by atoms with van der Waals surface area (Å²) in [6.45, 7) is 0.570. The summed E-state index contributed by atoms with van der Waals surface area (Å²) in [5.74, 6) is -1.47. The molecule has 4 rings (SSSR count). The monoisotopic (exact) mass is 518 g/mol. The third-order valence-electron chi connectivity index (χ3n) is 7.54. The van der Waals surface area contributed by atoms with E-state index in [1.54, 1.807) is 4.90 Å². The van der Waals surface area contributed by atoms with Crippen molar-refractivity contribution in [3.63, 3.8) is 0 Å². The summed E-state index contributed by atoms with van der Waals surface area (Å²) in [6.07, 6.45) is 7.99. The molecule has 0 saturated carbocycles. The molecular weight excluding hydrogens is 480 g/mol. The highest BCUT2D eigenvalue weighted by Gasteiger charge is 2.32. The van der Waals surface area contributed by atoms with Gasteiger partial charge in [-0.2, -0.15) is 0 Å². The fourth-order valence-electron chi connectivity index (χ4n) is 5.32. The number of carbonyl (C=O) groups is 3. The van der Waals surface area contributed by atoms with Crippen molar-refractivity contribution >= 4 is 17.8 Å². The van der Waals surface area contributed by atoms with Crippen molar-refractivity contribution in [3.8, 4) is 0 Å². The number of esters is 1. The number of benzene rings is 2. The zero-order valence-electron chi connectivity index (χ0n) is 21.8. The molecule has 7 heteroatoms. The fraction of sp³-hybridized carbons (Fsp3) is 0.452. The van der Waals surface area contributed by atoms with Gasteiger partial charge in [0.15, 0.2) is 0 Å². The number of hydrogen-bond donors (Lipinski definition) is 2.